The van der Waals surface area contributed by atoms with Gasteiger partial charge in [0, 0.05) is 6.54 Å². The van der Waals surface area contributed by atoms with Crippen molar-refractivity contribution in [3.8, 4) is 5.75 Å². The van der Waals surface area contributed by atoms with E-state index >= 15 is 0 Å². The number of aliphatic hydroxyl groups is 1. The molecule has 0 aromatic heterocycles. The van der Waals surface area contributed by atoms with Crippen molar-refractivity contribution in [2.24, 2.45) is 0 Å². The van der Waals surface area contributed by atoms with Gasteiger partial charge in [-0.15, -0.1) is 0 Å². The molecule has 0 heterocycles. The number of nitrogens with zero attached hydrogens (tertiary/aromatic N) is 1. The molecule has 0 bridgehead atoms. The van der Waals surface area contributed by atoms with Gasteiger partial charge < -0.3 is 14.7 Å². The fourth-order valence-corrected chi connectivity index (χ4v) is 1.99. The normalized spacial score (nSPS) is 12.8. The number of hydrogen-bond donors (Lipinski definition) is 1. The van der Waals surface area contributed by atoms with E-state index in [1.54, 1.807) is 7.11 Å². The van der Waals surface area contributed by atoms with E-state index in [1.807, 2.05) is 32.2 Å². The molecule has 0 fully saturated rings. The number of hydrogen-bond acceptors (Lipinski definition) is 3. The monoisotopic (exact) mass is 237 g/mol. The molecule has 1 aromatic carbocycles. The highest BCUT2D eigenvalue weighted by Gasteiger charge is 2.04. The third kappa shape index (κ3) is 5.20. The summed E-state index contributed by atoms with van der Waals surface area (Å²) in [4.78, 5) is 2.15. The van der Waals surface area contributed by atoms with Crippen LogP contribution in [0.25, 0.3) is 0 Å². The first-order chi connectivity index (χ1) is 8.13. The lowest BCUT2D eigenvalue weighted by Crippen LogP contribution is -2.28. The maximum atomic E-state index is 9.26. The van der Waals surface area contributed by atoms with Gasteiger partial charge in [-0.25, -0.2) is 0 Å². The number of ether oxygens (including phenoxy) is 1. The molecule has 3 heteroatoms. The highest BCUT2D eigenvalue weighted by Crippen LogP contribution is 2.18. The first kappa shape index (κ1) is 14.0. The molecule has 0 saturated carbocycles. The molecule has 0 aliphatic rings. The van der Waals surface area contributed by atoms with E-state index in [1.165, 1.54) is 5.56 Å². The molecule has 1 aromatic rings. The topological polar surface area (TPSA) is 32.7 Å². The smallest absolute Gasteiger partial charge is 0.122 e. The average molecular weight is 237 g/mol. The minimum Gasteiger partial charge on any atom is -0.496 e. The van der Waals surface area contributed by atoms with Gasteiger partial charge in [0.25, 0.3) is 0 Å². The SMILES string of the molecule is COc1ccccc1CCCN(C)CC(C)O. The molecule has 0 aliphatic heterocycles. The van der Waals surface area contributed by atoms with Gasteiger partial charge in [-0.1, -0.05) is 18.2 Å². The standard InChI is InChI=1S/C14H23NO2/c1-12(16)11-15(2)10-6-8-13-7-4-5-9-14(13)17-3/h4-5,7,9,12,16H,6,8,10-11H2,1-3H3. The third-order valence-corrected chi connectivity index (χ3v) is 2.75. The third-order valence-electron chi connectivity index (χ3n) is 2.75. The zero-order chi connectivity index (χ0) is 12.7. The quantitative estimate of drug-likeness (QED) is 0.786. The van der Waals surface area contributed by atoms with Crippen molar-refractivity contribution < 1.29 is 9.84 Å². The number of aliphatic hydroxyl groups excluding tert-OH is 1. The van der Waals surface area contributed by atoms with Crippen molar-refractivity contribution >= 4 is 0 Å². The van der Waals surface area contributed by atoms with E-state index in [0.29, 0.717) is 0 Å². The molecular formula is C14H23NO2. The van der Waals surface area contributed by atoms with Gasteiger partial charge in [-0.05, 0) is 45.0 Å². The van der Waals surface area contributed by atoms with Crippen LogP contribution in [0.4, 0.5) is 0 Å². The zero-order valence-corrected chi connectivity index (χ0v) is 11.0. The van der Waals surface area contributed by atoms with Crippen LogP contribution in [-0.4, -0.2) is 43.4 Å². The number of para-hydroxylation sites is 1. The van der Waals surface area contributed by atoms with Gasteiger partial charge in [0.1, 0.15) is 5.75 Å². The van der Waals surface area contributed by atoms with Crippen LogP contribution in [0.1, 0.15) is 18.9 Å². The van der Waals surface area contributed by atoms with Crippen molar-refractivity contribution in [3.05, 3.63) is 29.8 Å². The first-order valence-corrected chi connectivity index (χ1v) is 6.12. The molecule has 96 valence electrons. The Labute approximate surface area is 104 Å². The summed E-state index contributed by atoms with van der Waals surface area (Å²) in [5.41, 5.74) is 1.25. The van der Waals surface area contributed by atoms with E-state index in [2.05, 4.69) is 11.0 Å². The zero-order valence-electron chi connectivity index (χ0n) is 11.0. The average Bonchev–Trinajstić information content (AvgIpc) is 2.28. The summed E-state index contributed by atoms with van der Waals surface area (Å²) in [7, 11) is 3.74. The molecule has 0 aliphatic carbocycles. The Morgan fingerprint density at radius 3 is 2.71 bits per heavy atom. The van der Waals surface area contributed by atoms with Gasteiger partial charge in [-0.2, -0.15) is 0 Å². The summed E-state index contributed by atoms with van der Waals surface area (Å²) in [6.45, 7) is 3.53. The van der Waals surface area contributed by atoms with Gasteiger partial charge in [0.2, 0.25) is 0 Å². The van der Waals surface area contributed by atoms with Crippen LogP contribution in [0.2, 0.25) is 0 Å². The Balaban J connectivity index is 2.35. The number of methoxy groups -OCH3 is 1. The largest absolute Gasteiger partial charge is 0.496 e. The maximum Gasteiger partial charge on any atom is 0.122 e. The van der Waals surface area contributed by atoms with Gasteiger partial charge in [-0.3, -0.25) is 0 Å². The van der Waals surface area contributed by atoms with Crippen LogP contribution in [0.3, 0.4) is 0 Å². The maximum absolute atomic E-state index is 9.26. The highest BCUT2D eigenvalue weighted by atomic mass is 16.5. The van der Waals surface area contributed by atoms with Crippen molar-refractivity contribution in [3.63, 3.8) is 0 Å². The molecule has 0 spiro atoms. The van der Waals surface area contributed by atoms with Crippen LogP contribution < -0.4 is 4.74 Å². The fraction of sp³-hybridized carbons (Fsp3) is 0.571. The lowest BCUT2D eigenvalue weighted by Gasteiger charge is -2.18. The van der Waals surface area contributed by atoms with Crippen molar-refractivity contribution in [1.29, 1.82) is 0 Å². The van der Waals surface area contributed by atoms with Crippen LogP contribution in [0.5, 0.6) is 5.75 Å². The van der Waals surface area contributed by atoms with E-state index in [4.69, 9.17) is 4.74 Å². The van der Waals surface area contributed by atoms with Gasteiger partial charge >= 0.3 is 0 Å². The number of benzene rings is 1. The second-order valence-corrected chi connectivity index (χ2v) is 4.53. The Morgan fingerprint density at radius 1 is 1.35 bits per heavy atom. The molecule has 0 saturated heterocycles. The van der Waals surface area contributed by atoms with E-state index in [9.17, 15) is 5.11 Å². The molecule has 3 nitrogen and oxygen atoms in total. The summed E-state index contributed by atoms with van der Waals surface area (Å²) >= 11 is 0. The summed E-state index contributed by atoms with van der Waals surface area (Å²) < 4.78 is 5.31. The Bertz CT molecular complexity index is 326. The summed E-state index contributed by atoms with van der Waals surface area (Å²) in [6, 6.07) is 8.13. The second-order valence-electron chi connectivity index (χ2n) is 4.53. The molecule has 1 atom stereocenters. The van der Waals surface area contributed by atoms with Crippen LogP contribution in [0, 0.1) is 0 Å². The Morgan fingerprint density at radius 2 is 2.06 bits per heavy atom. The minimum absolute atomic E-state index is 0.258. The highest BCUT2D eigenvalue weighted by molar-refractivity contribution is 5.33. The molecule has 17 heavy (non-hydrogen) atoms. The van der Waals surface area contributed by atoms with Crippen molar-refractivity contribution in [2.45, 2.75) is 25.9 Å². The van der Waals surface area contributed by atoms with Crippen molar-refractivity contribution in [1.82, 2.24) is 4.90 Å². The first-order valence-electron chi connectivity index (χ1n) is 6.12. The second kappa shape index (κ2) is 7.30. The predicted molar refractivity (Wildman–Crippen MR) is 70.5 cm³/mol. The van der Waals surface area contributed by atoms with Gasteiger partial charge in [0.15, 0.2) is 0 Å². The molecule has 0 radical (unpaired) electrons. The summed E-state index contributed by atoms with van der Waals surface area (Å²) in [6.07, 6.45) is 1.82. The predicted octanol–water partition coefficient (Wildman–Crippen LogP) is 1.94. The molecule has 1 N–H and O–H groups in total. The molecular weight excluding hydrogens is 214 g/mol. The van der Waals surface area contributed by atoms with Gasteiger partial charge in [0.05, 0.1) is 13.2 Å². The van der Waals surface area contributed by atoms with E-state index < -0.39 is 0 Å². The molecule has 0 amide bonds. The van der Waals surface area contributed by atoms with E-state index in [-0.39, 0.29) is 6.10 Å². The minimum atomic E-state index is -0.258. The van der Waals surface area contributed by atoms with Crippen LogP contribution >= 0.6 is 0 Å². The number of rotatable bonds is 7. The van der Waals surface area contributed by atoms with Crippen LogP contribution in [-0.2, 0) is 6.42 Å². The lowest BCUT2D eigenvalue weighted by molar-refractivity contribution is 0.141. The molecule has 1 unspecified atom stereocenters. The fourth-order valence-electron chi connectivity index (χ4n) is 1.99. The number of aryl methyl sites for hydroxylation is 1. The van der Waals surface area contributed by atoms with Crippen LogP contribution in [0.15, 0.2) is 24.3 Å². The molecule has 1 rings (SSSR count). The summed E-state index contributed by atoms with van der Waals surface area (Å²) in [5, 5.41) is 9.26. The lowest BCUT2D eigenvalue weighted by atomic mass is 10.1. The number of likely N-dealkylation sites (N-methyl/N-ethyl adjacent to an activating group) is 1. The van der Waals surface area contributed by atoms with Crippen molar-refractivity contribution in [2.75, 3.05) is 27.2 Å². The Kier molecular flexibility index (Phi) is 6.01. The van der Waals surface area contributed by atoms with E-state index in [0.717, 1.165) is 31.7 Å². The summed E-state index contributed by atoms with van der Waals surface area (Å²) in [5.74, 6) is 0.964. The Hall–Kier alpha value is -1.06.